The van der Waals surface area contributed by atoms with Gasteiger partial charge in [-0.25, -0.2) is 4.79 Å². The van der Waals surface area contributed by atoms with E-state index >= 15 is 0 Å². The van der Waals surface area contributed by atoms with E-state index in [-0.39, 0.29) is 5.69 Å². The second-order valence-electron chi connectivity index (χ2n) is 4.22. The number of nitrogens with one attached hydrogen (secondary N) is 3. The highest BCUT2D eigenvalue weighted by Crippen LogP contribution is 2.25. The van der Waals surface area contributed by atoms with Gasteiger partial charge in [-0.1, -0.05) is 0 Å². The van der Waals surface area contributed by atoms with Crippen molar-refractivity contribution in [3.63, 3.8) is 0 Å². The van der Waals surface area contributed by atoms with Crippen molar-refractivity contribution in [1.29, 1.82) is 0 Å². The molecule has 5 heteroatoms. The van der Waals surface area contributed by atoms with Crippen LogP contribution in [0.2, 0.25) is 0 Å². The van der Waals surface area contributed by atoms with Crippen molar-refractivity contribution in [3.8, 4) is 0 Å². The smallest absolute Gasteiger partial charge is 0.347 e. The predicted molar refractivity (Wildman–Crippen MR) is 56.7 cm³/mol. The third-order valence-corrected chi connectivity index (χ3v) is 3.17. The molecule has 0 aromatic carbocycles. The van der Waals surface area contributed by atoms with Gasteiger partial charge in [-0.2, -0.15) is 4.98 Å². The number of aromatic nitrogens is 2. The first-order valence-corrected chi connectivity index (χ1v) is 5.42. The van der Waals surface area contributed by atoms with E-state index in [1.165, 1.54) is 19.3 Å². The van der Waals surface area contributed by atoms with Gasteiger partial charge < -0.3 is 15.6 Å². The van der Waals surface area contributed by atoms with Gasteiger partial charge in [-0.15, -0.1) is 0 Å². The van der Waals surface area contributed by atoms with Crippen LogP contribution < -0.4 is 16.3 Å². The minimum Gasteiger partial charge on any atom is -0.367 e. The molecule has 1 aromatic heterocycles. The quantitative estimate of drug-likeness (QED) is 0.652. The Labute approximate surface area is 87.3 Å². The van der Waals surface area contributed by atoms with Gasteiger partial charge in [0.05, 0.1) is 0 Å². The first-order chi connectivity index (χ1) is 7.33. The molecule has 80 valence electrons. The fourth-order valence-corrected chi connectivity index (χ4v) is 2.06. The van der Waals surface area contributed by atoms with E-state index in [2.05, 4.69) is 20.6 Å². The number of rotatable bonds is 2. The summed E-state index contributed by atoms with van der Waals surface area (Å²) in [6, 6.07) is 0.518. The highest BCUT2D eigenvalue weighted by Gasteiger charge is 2.22. The largest absolute Gasteiger partial charge is 0.367 e. The number of hydrogen-bond acceptors (Lipinski definition) is 4. The maximum Gasteiger partial charge on any atom is 0.347 e. The number of anilines is 1. The third kappa shape index (κ3) is 1.52. The van der Waals surface area contributed by atoms with Gasteiger partial charge in [0.15, 0.2) is 0 Å². The van der Waals surface area contributed by atoms with Crippen molar-refractivity contribution >= 4 is 5.82 Å². The Bertz CT molecular complexity index is 436. The van der Waals surface area contributed by atoms with Crippen LogP contribution in [0, 0.1) is 0 Å². The summed E-state index contributed by atoms with van der Waals surface area (Å²) in [7, 11) is 0. The van der Waals surface area contributed by atoms with Crippen molar-refractivity contribution in [2.75, 3.05) is 5.32 Å². The molecule has 1 fully saturated rings. The molecule has 0 radical (unpaired) electrons. The lowest BCUT2D eigenvalue weighted by Gasteiger charge is -2.27. The van der Waals surface area contributed by atoms with E-state index in [0.29, 0.717) is 6.04 Å². The summed E-state index contributed by atoms with van der Waals surface area (Å²) in [5.74, 6) is 0.781. The molecule has 3 rings (SSSR count). The third-order valence-electron chi connectivity index (χ3n) is 3.17. The Balaban J connectivity index is 1.94. The van der Waals surface area contributed by atoms with E-state index < -0.39 is 0 Å². The second kappa shape index (κ2) is 3.34. The molecule has 0 spiro atoms. The standard InChI is InChI=1S/C10H14N4O/c15-10-13-8-5-11-4-7(8)9(14-10)12-6-2-1-3-6/h6,11H,1-5H2,(H2,12,13,14,15). The first kappa shape index (κ1) is 8.91. The Hall–Kier alpha value is -1.36. The molecule has 3 N–H and O–H groups in total. The van der Waals surface area contributed by atoms with Crippen molar-refractivity contribution in [2.45, 2.75) is 38.4 Å². The Morgan fingerprint density at radius 3 is 2.93 bits per heavy atom. The SMILES string of the molecule is O=c1nc(NC2CCC2)c2c([nH]1)CNC2. The van der Waals surface area contributed by atoms with Crippen LogP contribution in [-0.2, 0) is 13.1 Å². The molecule has 2 heterocycles. The van der Waals surface area contributed by atoms with Gasteiger partial charge in [-0.3, -0.25) is 0 Å². The monoisotopic (exact) mass is 206 g/mol. The molecule has 0 amide bonds. The van der Waals surface area contributed by atoms with Gasteiger partial charge >= 0.3 is 5.69 Å². The average molecular weight is 206 g/mol. The Morgan fingerprint density at radius 1 is 1.33 bits per heavy atom. The Morgan fingerprint density at radius 2 is 2.20 bits per heavy atom. The molecule has 0 saturated heterocycles. The molecule has 0 atom stereocenters. The van der Waals surface area contributed by atoms with Crippen LogP contribution in [0.1, 0.15) is 30.5 Å². The molecule has 1 saturated carbocycles. The van der Waals surface area contributed by atoms with Crippen molar-refractivity contribution in [1.82, 2.24) is 15.3 Å². The highest BCUT2D eigenvalue weighted by molar-refractivity contribution is 5.48. The molecule has 1 aromatic rings. The van der Waals surface area contributed by atoms with E-state index in [4.69, 9.17) is 0 Å². The molecule has 2 aliphatic rings. The van der Waals surface area contributed by atoms with Crippen LogP contribution >= 0.6 is 0 Å². The fourth-order valence-electron chi connectivity index (χ4n) is 2.06. The summed E-state index contributed by atoms with van der Waals surface area (Å²) in [5, 5.41) is 6.56. The van der Waals surface area contributed by atoms with Crippen molar-refractivity contribution < 1.29 is 0 Å². The summed E-state index contributed by atoms with van der Waals surface area (Å²) in [6.45, 7) is 1.54. The molecule has 1 aliphatic heterocycles. The lowest BCUT2D eigenvalue weighted by Crippen LogP contribution is -2.29. The van der Waals surface area contributed by atoms with Gasteiger partial charge in [0, 0.05) is 30.4 Å². The zero-order valence-electron chi connectivity index (χ0n) is 8.47. The fraction of sp³-hybridized carbons (Fsp3) is 0.600. The summed E-state index contributed by atoms with van der Waals surface area (Å²) < 4.78 is 0. The summed E-state index contributed by atoms with van der Waals surface area (Å²) in [6.07, 6.45) is 3.66. The Kier molecular flexibility index (Phi) is 1.98. The van der Waals surface area contributed by atoms with E-state index in [1.54, 1.807) is 0 Å². The molecule has 15 heavy (non-hydrogen) atoms. The summed E-state index contributed by atoms with van der Waals surface area (Å²) >= 11 is 0. The zero-order valence-corrected chi connectivity index (χ0v) is 8.47. The van der Waals surface area contributed by atoms with Gasteiger partial charge in [-0.05, 0) is 19.3 Å². The van der Waals surface area contributed by atoms with Gasteiger partial charge in [0.1, 0.15) is 5.82 Å². The number of fused-ring (bicyclic) bond motifs is 1. The summed E-state index contributed by atoms with van der Waals surface area (Å²) in [4.78, 5) is 18.1. The number of nitrogens with zero attached hydrogens (tertiary/aromatic N) is 1. The lowest BCUT2D eigenvalue weighted by molar-refractivity contribution is 0.444. The molecule has 0 bridgehead atoms. The van der Waals surface area contributed by atoms with Gasteiger partial charge in [0.2, 0.25) is 0 Å². The van der Waals surface area contributed by atoms with Crippen LogP contribution in [-0.4, -0.2) is 16.0 Å². The summed E-state index contributed by atoms with van der Waals surface area (Å²) in [5.41, 5.74) is 1.86. The molecule has 5 nitrogen and oxygen atoms in total. The van der Waals surface area contributed by atoms with Crippen LogP contribution in [0.4, 0.5) is 5.82 Å². The molecular weight excluding hydrogens is 192 g/mol. The average Bonchev–Trinajstić information content (AvgIpc) is 2.58. The normalized spacial score (nSPS) is 19.7. The maximum atomic E-state index is 11.3. The maximum absolute atomic E-state index is 11.3. The van der Waals surface area contributed by atoms with Crippen LogP contribution in [0.25, 0.3) is 0 Å². The van der Waals surface area contributed by atoms with Crippen LogP contribution in [0.5, 0.6) is 0 Å². The number of aromatic amines is 1. The van der Waals surface area contributed by atoms with E-state index in [9.17, 15) is 4.79 Å². The number of H-pyrrole nitrogens is 1. The molecular formula is C10H14N4O. The topological polar surface area (TPSA) is 69.8 Å². The zero-order chi connectivity index (χ0) is 10.3. The van der Waals surface area contributed by atoms with Crippen molar-refractivity contribution in [3.05, 3.63) is 21.7 Å². The van der Waals surface area contributed by atoms with Crippen LogP contribution in [0.3, 0.4) is 0 Å². The van der Waals surface area contributed by atoms with E-state index in [1.807, 2.05) is 0 Å². The first-order valence-electron chi connectivity index (χ1n) is 5.42. The van der Waals surface area contributed by atoms with Crippen LogP contribution in [0.15, 0.2) is 4.79 Å². The van der Waals surface area contributed by atoms with Gasteiger partial charge in [0.25, 0.3) is 0 Å². The molecule has 0 unspecified atom stereocenters. The molecule has 1 aliphatic carbocycles. The minimum atomic E-state index is -0.251. The minimum absolute atomic E-state index is 0.251. The lowest BCUT2D eigenvalue weighted by atomic mass is 9.93. The predicted octanol–water partition coefficient (Wildman–Crippen LogP) is 0.337. The highest BCUT2D eigenvalue weighted by atomic mass is 16.1. The number of hydrogen-bond donors (Lipinski definition) is 3. The van der Waals surface area contributed by atoms with Crippen molar-refractivity contribution in [2.24, 2.45) is 0 Å². The second-order valence-corrected chi connectivity index (χ2v) is 4.22. The van der Waals surface area contributed by atoms with E-state index in [0.717, 1.165) is 30.2 Å².